The van der Waals surface area contributed by atoms with E-state index in [0.29, 0.717) is 0 Å². The van der Waals surface area contributed by atoms with Crippen LogP contribution in [0, 0.1) is 0 Å². The number of hydrogen-bond acceptors (Lipinski definition) is 1. The highest BCUT2D eigenvalue weighted by Crippen LogP contribution is 2.47. The Hall–Kier alpha value is -7.55. The molecule has 0 bridgehead atoms. The Morgan fingerprint density at radius 3 is 1.46 bits per heavy atom. The van der Waals surface area contributed by atoms with Gasteiger partial charge in [-0.25, -0.2) is 4.98 Å². The average Bonchev–Trinajstić information content (AvgIpc) is 3.70. The van der Waals surface area contributed by atoms with Gasteiger partial charge < -0.3 is 0 Å². The van der Waals surface area contributed by atoms with E-state index < -0.39 is 0 Å². The summed E-state index contributed by atoms with van der Waals surface area (Å²) < 4.78 is 2.37. The van der Waals surface area contributed by atoms with Gasteiger partial charge in [0.15, 0.2) is 0 Å². The first-order chi connectivity index (χ1) is 28.3. The van der Waals surface area contributed by atoms with Crippen LogP contribution >= 0.6 is 0 Å². The molecule has 1 heterocycles. The molecule has 0 radical (unpaired) electrons. The zero-order chi connectivity index (χ0) is 37.5. The highest BCUT2D eigenvalue weighted by molar-refractivity contribution is 6.26. The van der Waals surface area contributed by atoms with Crippen LogP contribution in [0.3, 0.4) is 0 Å². The van der Waals surface area contributed by atoms with Gasteiger partial charge in [0.05, 0.1) is 11.0 Å². The third-order valence-corrected chi connectivity index (χ3v) is 11.9. The monoisotopic (exact) mass is 722 g/mol. The number of fused-ring (bicyclic) bond motifs is 11. The summed E-state index contributed by atoms with van der Waals surface area (Å²) in [5.41, 5.74) is 9.21. The molecule has 0 aliphatic heterocycles. The van der Waals surface area contributed by atoms with Crippen molar-refractivity contribution in [3.8, 4) is 39.3 Å². The Labute approximate surface area is 329 Å². The molecule has 0 unspecified atom stereocenters. The van der Waals surface area contributed by atoms with Gasteiger partial charge in [-0.15, -0.1) is 0 Å². The van der Waals surface area contributed by atoms with E-state index in [4.69, 9.17) is 4.98 Å². The Kier molecular flexibility index (Phi) is 6.96. The number of rotatable bonds is 4. The van der Waals surface area contributed by atoms with Gasteiger partial charge in [-0.05, 0) is 100 Å². The predicted octanol–water partition coefficient (Wildman–Crippen LogP) is 14.9. The number of aromatic nitrogens is 2. The molecule has 11 aromatic carbocycles. The summed E-state index contributed by atoms with van der Waals surface area (Å²) in [7, 11) is 0. The van der Waals surface area contributed by atoms with Crippen molar-refractivity contribution < 1.29 is 0 Å². The minimum Gasteiger partial charge on any atom is -0.292 e. The summed E-state index contributed by atoms with van der Waals surface area (Å²) in [5, 5.41) is 14.8. The minimum atomic E-state index is 0.924. The van der Waals surface area contributed by atoms with Gasteiger partial charge in [0.25, 0.3) is 0 Å². The molecule has 2 heteroatoms. The van der Waals surface area contributed by atoms with E-state index in [2.05, 4.69) is 211 Å². The largest absolute Gasteiger partial charge is 0.292 e. The van der Waals surface area contributed by atoms with Crippen LogP contribution in [-0.4, -0.2) is 9.55 Å². The van der Waals surface area contributed by atoms with Gasteiger partial charge in [-0.1, -0.05) is 182 Å². The SMILES string of the molecule is c1ccc(-n2c(-c3cccc(-c4c5ccccc5c(-c5cc6ccccc6c6ccccc56)c5ccccc45)c3)nc3c4ccccc4c4ccccc4c32)cc1. The summed E-state index contributed by atoms with van der Waals surface area (Å²) in [4.78, 5) is 5.57. The second-order valence-corrected chi connectivity index (χ2v) is 15.0. The zero-order valence-electron chi connectivity index (χ0n) is 31.0. The summed E-state index contributed by atoms with van der Waals surface area (Å²) in [5.74, 6) is 0.924. The van der Waals surface area contributed by atoms with E-state index in [1.165, 1.54) is 75.9 Å². The Balaban J connectivity index is 1.16. The highest BCUT2D eigenvalue weighted by atomic mass is 15.1. The minimum absolute atomic E-state index is 0.924. The van der Waals surface area contributed by atoms with Crippen molar-refractivity contribution in [2.45, 2.75) is 0 Å². The first kappa shape index (κ1) is 31.8. The van der Waals surface area contributed by atoms with E-state index in [1.807, 2.05) is 0 Å². The van der Waals surface area contributed by atoms with Gasteiger partial charge in [0.1, 0.15) is 5.82 Å². The number of hydrogen-bond donors (Lipinski definition) is 0. The molecule has 0 N–H and O–H groups in total. The van der Waals surface area contributed by atoms with E-state index in [-0.39, 0.29) is 0 Å². The number of benzene rings is 11. The summed E-state index contributed by atoms with van der Waals surface area (Å²) in [6, 6.07) is 75.1. The lowest BCUT2D eigenvalue weighted by molar-refractivity contribution is 1.11. The first-order valence-electron chi connectivity index (χ1n) is 19.6. The van der Waals surface area contributed by atoms with Crippen LogP contribution in [-0.2, 0) is 0 Å². The summed E-state index contributed by atoms with van der Waals surface area (Å²) in [6.45, 7) is 0. The fraction of sp³-hybridized carbons (Fsp3) is 0. The maximum Gasteiger partial charge on any atom is 0.145 e. The molecule has 0 saturated heterocycles. The standard InChI is InChI=1S/C55H34N2/c1-2-20-38(21-3-1)57-54-49-32-15-9-25-42(49)41-24-8-14-31-48(41)53(54)56-55(57)37-19-16-18-36(33-37)51-44-27-10-12-29-46(44)52(47-30-13-11-28-45(47)51)50-34-35-17-4-5-22-39(35)40-23-6-7-26-43(40)50/h1-34H. The number of para-hydroxylation sites is 1. The molecule has 12 aromatic rings. The number of imidazole rings is 1. The molecule has 0 saturated carbocycles. The third kappa shape index (κ3) is 4.74. The third-order valence-electron chi connectivity index (χ3n) is 11.9. The smallest absolute Gasteiger partial charge is 0.145 e. The van der Waals surface area contributed by atoms with E-state index in [1.54, 1.807) is 0 Å². The van der Waals surface area contributed by atoms with Crippen LogP contribution in [0.2, 0.25) is 0 Å². The molecule has 264 valence electrons. The van der Waals surface area contributed by atoms with Gasteiger partial charge in [0.2, 0.25) is 0 Å². The molecule has 0 aliphatic carbocycles. The van der Waals surface area contributed by atoms with Crippen molar-refractivity contribution in [3.63, 3.8) is 0 Å². The molecule has 1 aromatic heterocycles. The maximum atomic E-state index is 5.57. The van der Waals surface area contributed by atoms with Crippen molar-refractivity contribution in [1.82, 2.24) is 9.55 Å². The lowest BCUT2D eigenvalue weighted by Crippen LogP contribution is -1.98. The Bertz CT molecular complexity index is 3520. The molecular weight excluding hydrogens is 689 g/mol. The van der Waals surface area contributed by atoms with Crippen LogP contribution in [0.15, 0.2) is 206 Å². The van der Waals surface area contributed by atoms with Gasteiger partial charge in [-0.3, -0.25) is 4.57 Å². The summed E-state index contributed by atoms with van der Waals surface area (Å²) >= 11 is 0. The van der Waals surface area contributed by atoms with Crippen molar-refractivity contribution in [2.24, 2.45) is 0 Å². The molecule has 12 rings (SSSR count). The highest BCUT2D eigenvalue weighted by Gasteiger charge is 2.22. The molecule has 0 aliphatic rings. The fourth-order valence-corrected chi connectivity index (χ4v) is 9.53. The van der Waals surface area contributed by atoms with Crippen molar-refractivity contribution >= 4 is 75.7 Å². The van der Waals surface area contributed by atoms with Crippen molar-refractivity contribution in [1.29, 1.82) is 0 Å². The van der Waals surface area contributed by atoms with Crippen molar-refractivity contribution in [2.75, 3.05) is 0 Å². The van der Waals surface area contributed by atoms with Crippen LogP contribution in [0.5, 0.6) is 0 Å². The fourth-order valence-electron chi connectivity index (χ4n) is 9.53. The van der Waals surface area contributed by atoms with Gasteiger partial charge >= 0.3 is 0 Å². The van der Waals surface area contributed by atoms with Crippen LogP contribution in [0.25, 0.3) is 115 Å². The average molecular weight is 723 g/mol. The lowest BCUT2D eigenvalue weighted by Gasteiger charge is -2.20. The predicted molar refractivity (Wildman–Crippen MR) is 242 cm³/mol. The topological polar surface area (TPSA) is 17.8 Å². The van der Waals surface area contributed by atoms with E-state index in [9.17, 15) is 0 Å². The molecule has 0 spiro atoms. The Morgan fingerprint density at radius 1 is 0.316 bits per heavy atom. The first-order valence-corrected chi connectivity index (χ1v) is 19.6. The van der Waals surface area contributed by atoms with Crippen LogP contribution in [0.1, 0.15) is 0 Å². The second-order valence-electron chi connectivity index (χ2n) is 15.0. The van der Waals surface area contributed by atoms with Gasteiger partial charge in [0, 0.05) is 22.0 Å². The molecule has 0 amide bonds. The number of nitrogens with zero attached hydrogens (tertiary/aromatic N) is 2. The lowest BCUT2D eigenvalue weighted by atomic mass is 9.83. The zero-order valence-corrected chi connectivity index (χ0v) is 31.0. The van der Waals surface area contributed by atoms with Gasteiger partial charge in [-0.2, -0.15) is 0 Å². The quantitative estimate of drug-likeness (QED) is 0.131. The van der Waals surface area contributed by atoms with Crippen LogP contribution < -0.4 is 0 Å². The van der Waals surface area contributed by atoms with Crippen LogP contribution in [0.4, 0.5) is 0 Å². The molecular formula is C55H34N2. The molecule has 0 fully saturated rings. The van der Waals surface area contributed by atoms with E-state index in [0.717, 1.165) is 39.1 Å². The Morgan fingerprint density at radius 2 is 0.789 bits per heavy atom. The normalized spacial score (nSPS) is 11.9. The van der Waals surface area contributed by atoms with E-state index >= 15 is 0 Å². The summed E-state index contributed by atoms with van der Waals surface area (Å²) in [6.07, 6.45) is 0. The van der Waals surface area contributed by atoms with Crippen molar-refractivity contribution in [3.05, 3.63) is 206 Å². The maximum absolute atomic E-state index is 5.57. The molecule has 57 heavy (non-hydrogen) atoms. The molecule has 0 atom stereocenters. The molecule has 2 nitrogen and oxygen atoms in total. The second kappa shape index (κ2) is 12.5.